The first-order chi connectivity index (χ1) is 12.4. The summed E-state index contributed by atoms with van der Waals surface area (Å²) in [5.41, 5.74) is 0.936. The topological polar surface area (TPSA) is 20.3 Å². The van der Waals surface area contributed by atoms with Gasteiger partial charge in [0.25, 0.3) is 0 Å². The third-order valence-corrected chi connectivity index (χ3v) is 8.07. The molecule has 1 unspecified atom stereocenters. The van der Waals surface area contributed by atoms with E-state index in [1.807, 2.05) is 12.1 Å². The molecule has 0 radical (unpaired) electrons. The minimum Gasteiger partial charge on any atom is -0.339 e. The van der Waals surface area contributed by atoms with Gasteiger partial charge in [0, 0.05) is 12.6 Å². The SMILES string of the molecule is Cc1cccc(CC2(C)CCN(C3C4CC5CC(C4)CC3C5)C2=O)c1F. The van der Waals surface area contributed by atoms with E-state index in [1.54, 1.807) is 13.0 Å². The highest BCUT2D eigenvalue weighted by atomic mass is 19.1. The lowest BCUT2D eigenvalue weighted by atomic mass is 9.54. The number of halogens is 1. The van der Waals surface area contributed by atoms with Crippen LogP contribution in [0.3, 0.4) is 0 Å². The zero-order valence-electron chi connectivity index (χ0n) is 16.0. The molecule has 1 aromatic carbocycles. The summed E-state index contributed by atoms with van der Waals surface area (Å²) in [7, 11) is 0. The quantitative estimate of drug-likeness (QED) is 0.767. The average molecular weight is 355 g/mol. The van der Waals surface area contributed by atoms with Crippen molar-refractivity contribution < 1.29 is 9.18 Å². The van der Waals surface area contributed by atoms with Crippen LogP contribution in [0, 0.1) is 41.8 Å². The number of carbonyl (C=O) groups is 1. The van der Waals surface area contributed by atoms with Crippen molar-refractivity contribution in [3.8, 4) is 0 Å². The van der Waals surface area contributed by atoms with E-state index in [1.165, 1.54) is 32.1 Å². The Hall–Kier alpha value is -1.38. The van der Waals surface area contributed by atoms with Gasteiger partial charge in [0.1, 0.15) is 5.82 Å². The summed E-state index contributed by atoms with van der Waals surface area (Å²) in [6, 6.07) is 6.04. The molecule has 1 aliphatic heterocycles. The second-order valence-electron chi connectivity index (χ2n) is 9.96. The number of carbonyl (C=O) groups excluding carboxylic acids is 1. The molecule has 3 heteroatoms. The molecule has 5 fully saturated rings. The zero-order valence-corrected chi connectivity index (χ0v) is 16.0. The Morgan fingerprint density at radius 2 is 1.77 bits per heavy atom. The molecule has 1 atom stereocenters. The Kier molecular flexibility index (Phi) is 3.75. The van der Waals surface area contributed by atoms with Gasteiger partial charge in [-0.3, -0.25) is 4.79 Å². The van der Waals surface area contributed by atoms with E-state index in [0.29, 0.717) is 23.6 Å². The first-order valence-corrected chi connectivity index (χ1v) is 10.5. The van der Waals surface area contributed by atoms with Crippen molar-refractivity contribution in [2.75, 3.05) is 6.54 Å². The summed E-state index contributed by atoms with van der Waals surface area (Å²) in [5.74, 6) is 3.48. The second-order valence-corrected chi connectivity index (χ2v) is 9.96. The van der Waals surface area contributed by atoms with Crippen molar-refractivity contribution in [1.82, 2.24) is 4.90 Å². The number of hydrogen-bond acceptors (Lipinski definition) is 1. The van der Waals surface area contributed by atoms with Crippen LogP contribution < -0.4 is 0 Å². The van der Waals surface area contributed by atoms with E-state index in [0.717, 1.165) is 36.6 Å². The molecule has 0 aromatic heterocycles. The van der Waals surface area contributed by atoms with Crippen LogP contribution in [0.2, 0.25) is 0 Å². The van der Waals surface area contributed by atoms with Crippen LogP contribution in [0.15, 0.2) is 18.2 Å². The fourth-order valence-electron chi connectivity index (χ4n) is 7.04. The Morgan fingerprint density at radius 1 is 1.12 bits per heavy atom. The van der Waals surface area contributed by atoms with Crippen LogP contribution in [-0.4, -0.2) is 23.4 Å². The standard InChI is InChI=1S/C23H30FNO/c1-14-4-3-5-17(20(14)24)13-23(2)6-7-25(22(23)26)21-18-9-15-8-16(11-18)12-19(21)10-15/h3-5,15-16,18-19,21H,6-13H2,1-2H3. The Morgan fingerprint density at radius 3 is 2.42 bits per heavy atom. The van der Waals surface area contributed by atoms with Gasteiger partial charge in [0.05, 0.1) is 5.41 Å². The molecule has 4 aliphatic carbocycles. The predicted octanol–water partition coefficient (Wildman–Crippen LogP) is 4.74. The van der Waals surface area contributed by atoms with Gasteiger partial charge in [-0.15, -0.1) is 0 Å². The van der Waals surface area contributed by atoms with E-state index < -0.39 is 5.41 Å². The molecule has 6 rings (SSSR count). The van der Waals surface area contributed by atoms with Gasteiger partial charge < -0.3 is 4.90 Å². The van der Waals surface area contributed by atoms with Gasteiger partial charge >= 0.3 is 0 Å². The maximum atomic E-state index is 14.5. The summed E-state index contributed by atoms with van der Waals surface area (Å²) in [4.78, 5) is 15.7. The highest BCUT2D eigenvalue weighted by molar-refractivity contribution is 5.85. The zero-order chi connectivity index (χ0) is 18.1. The number of benzene rings is 1. The molecule has 1 aromatic rings. The molecular weight excluding hydrogens is 325 g/mol. The molecule has 1 amide bonds. The number of amides is 1. The number of nitrogens with zero attached hydrogens (tertiary/aromatic N) is 1. The van der Waals surface area contributed by atoms with Crippen LogP contribution in [0.1, 0.15) is 56.6 Å². The van der Waals surface area contributed by atoms with Crippen LogP contribution in [0.4, 0.5) is 4.39 Å². The number of hydrogen-bond donors (Lipinski definition) is 0. The van der Waals surface area contributed by atoms with Gasteiger partial charge in [0.2, 0.25) is 5.91 Å². The van der Waals surface area contributed by atoms with Gasteiger partial charge in [-0.25, -0.2) is 4.39 Å². The van der Waals surface area contributed by atoms with Gasteiger partial charge in [-0.05, 0) is 86.7 Å². The van der Waals surface area contributed by atoms with Crippen LogP contribution >= 0.6 is 0 Å². The molecule has 4 bridgehead atoms. The lowest BCUT2D eigenvalue weighted by Gasteiger charge is -2.56. The summed E-state index contributed by atoms with van der Waals surface area (Å²) in [5, 5.41) is 0. The van der Waals surface area contributed by atoms with Crippen molar-refractivity contribution in [2.24, 2.45) is 29.1 Å². The van der Waals surface area contributed by atoms with Crippen molar-refractivity contribution in [2.45, 2.75) is 64.8 Å². The molecule has 0 N–H and O–H groups in total. The summed E-state index contributed by atoms with van der Waals surface area (Å²) in [6.45, 7) is 4.74. The lowest BCUT2D eigenvalue weighted by Crippen LogP contribution is -2.57. The van der Waals surface area contributed by atoms with Crippen molar-refractivity contribution in [1.29, 1.82) is 0 Å². The van der Waals surface area contributed by atoms with E-state index in [4.69, 9.17) is 0 Å². The van der Waals surface area contributed by atoms with Crippen LogP contribution in [0.25, 0.3) is 0 Å². The molecular formula is C23H30FNO. The highest BCUT2D eigenvalue weighted by Crippen LogP contribution is 2.56. The fourth-order valence-corrected chi connectivity index (χ4v) is 7.04. The summed E-state index contributed by atoms with van der Waals surface area (Å²) in [6.07, 6.45) is 8.19. The Balaban J connectivity index is 1.37. The number of likely N-dealkylation sites (tertiary alicyclic amines) is 1. The number of aryl methyl sites for hydroxylation is 1. The molecule has 1 saturated heterocycles. The third-order valence-electron chi connectivity index (χ3n) is 8.07. The molecule has 1 heterocycles. The van der Waals surface area contributed by atoms with Gasteiger partial charge in [-0.1, -0.05) is 25.1 Å². The maximum absolute atomic E-state index is 14.5. The summed E-state index contributed by atoms with van der Waals surface area (Å²) >= 11 is 0. The smallest absolute Gasteiger partial charge is 0.229 e. The van der Waals surface area contributed by atoms with Crippen LogP contribution in [-0.2, 0) is 11.2 Å². The Bertz CT molecular complexity index is 716. The first-order valence-electron chi connectivity index (χ1n) is 10.5. The third kappa shape index (κ3) is 2.46. The van der Waals surface area contributed by atoms with E-state index in [-0.39, 0.29) is 11.7 Å². The second kappa shape index (κ2) is 5.81. The highest BCUT2D eigenvalue weighted by Gasteiger charge is 2.54. The average Bonchev–Trinajstić information content (AvgIpc) is 2.87. The van der Waals surface area contributed by atoms with Crippen molar-refractivity contribution in [3.63, 3.8) is 0 Å². The Labute approximate surface area is 156 Å². The van der Waals surface area contributed by atoms with Crippen LogP contribution in [0.5, 0.6) is 0 Å². The van der Waals surface area contributed by atoms with E-state index in [9.17, 15) is 9.18 Å². The summed E-state index contributed by atoms with van der Waals surface area (Å²) < 4.78 is 14.5. The first kappa shape index (κ1) is 16.8. The van der Waals surface area contributed by atoms with Gasteiger partial charge in [0.15, 0.2) is 0 Å². The fraction of sp³-hybridized carbons (Fsp3) is 0.696. The van der Waals surface area contributed by atoms with E-state index in [2.05, 4.69) is 11.8 Å². The maximum Gasteiger partial charge on any atom is 0.229 e. The minimum atomic E-state index is -0.441. The lowest BCUT2D eigenvalue weighted by molar-refractivity contribution is -0.145. The van der Waals surface area contributed by atoms with E-state index >= 15 is 0 Å². The molecule has 2 nitrogen and oxygen atoms in total. The molecule has 140 valence electrons. The van der Waals surface area contributed by atoms with Crippen molar-refractivity contribution in [3.05, 3.63) is 35.1 Å². The normalized spacial score (nSPS) is 41.3. The molecule has 0 spiro atoms. The van der Waals surface area contributed by atoms with Crippen molar-refractivity contribution >= 4 is 5.91 Å². The molecule has 4 saturated carbocycles. The molecule has 5 aliphatic rings. The number of rotatable bonds is 3. The largest absolute Gasteiger partial charge is 0.339 e. The molecule has 26 heavy (non-hydrogen) atoms. The monoisotopic (exact) mass is 355 g/mol. The minimum absolute atomic E-state index is 0.130. The van der Waals surface area contributed by atoms with Gasteiger partial charge in [-0.2, -0.15) is 0 Å². The predicted molar refractivity (Wildman–Crippen MR) is 100 cm³/mol.